The first-order chi connectivity index (χ1) is 13.5. The minimum Gasteiger partial charge on any atom is -0.379 e. The number of rotatable bonds is 4. The van der Waals surface area contributed by atoms with Gasteiger partial charge in [0.1, 0.15) is 0 Å². The Morgan fingerprint density at radius 3 is 2.57 bits per heavy atom. The summed E-state index contributed by atoms with van der Waals surface area (Å²) in [6.07, 6.45) is 6.83. The van der Waals surface area contributed by atoms with Crippen molar-refractivity contribution in [3.63, 3.8) is 0 Å². The molecule has 1 atom stereocenters. The average Bonchev–Trinajstić information content (AvgIpc) is 2.99. The van der Waals surface area contributed by atoms with E-state index in [4.69, 9.17) is 0 Å². The Balaban J connectivity index is 1.53. The van der Waals surface area contributed by atoms with Gasteiger partial charge in [0.15, 0.2) is 0 Å². The predicted molar refractivity (Wildman–Crippen MR) is 121 cm³/mol. The van der Waals surface area contributed by atoms with Crippen molar-refractivity contribution in [3.05, 3.63) is 83.2 Å². The number of nitrogens with one attached hydrogen (secondary N) is 1. The van der Waals surface area contributed by atoms with Crippen molar-refractivity contribution in [2.24, 2.45) is 0 Å². The van der Waals surface area contributed by atoms with Crippen LogP contribution in [0, 0.1) is 13.8 Å². The Morgan fingerprint density at radius 2 is 1.82 bits per heavy atom. The van der Waals surface area contributed by atoms with Gasteiger partial charge in [0.2, 0.25) is 0 Å². The molecule has 28 heavy (non-hydrogen) atoms. The van der Waals surface area contributed by atoms with E-state index >= 15 is 0 Å². The molecule has 0 radical (unpaired) electrons. The van der Waals surface area contributed by atoms with Crippen molar-refractivity contribution in [2.45, 2.75) is 32.7 Å². The Labute approximate surface area is 168 Å². The van der Waals surface area contributed by atoms with Gasteiger partial charge >= 0.3 is 0 Å². The van der Waals surface area contributed by atoms with Crippen LogP contribution in [0.2, 0.25) is 0 Å². The number of nitrogens with zero attached hydrogens (tertiary/aromatic N) is 2. The second-order valence-electron chi connectivity index (χ2n) is 7.88. The van der Waals surface area contributed by atoms with Crippen molar-refractivity contribution in [1.29, 1.82) is 0 Å². The molecule has 1 aliphatic heterocycles. The summed E-state index contributed by atoms with van der Waals surface area (Å²) in [5.41, 5.74) is 9.01. The predicted octanol–water partition coefficient (Wildman–Crippen LogP) is 5.60. The summed E-state index contributed by atoms with van der Waals surface area (Å²) in [7, 11) is 4.19. The zero-order chi connectivity index (χ0) is 19.7. The molecule has 3 nitrogen and oxygen atoms in total. The molecule has 0 saturated carbocycles. The molecule has 0 aliphatic carbocycles. The number of hydrogen-bond donors (Lipinski definition) is 1. The maximum atomic E-state index is 3.69. The summed E-state index contributed by atoms with van der Waals surface area (Å²) in [5, 5.41) is 3.69. The highest BCUT2D eigenvalue weighted by molar-refractivity contribution is 5.64. The fourth-order valence-electron chi connectivity index (χ4n) is 4.08. The number of benzene rings is 2. The van der Waals surface area contributed by atoms with Gasteiger partial charge in [0.25, 0.3) is 0 Å². The first kappa shape index (κ1) is 18.4. The molecule has 1 aromatic heterocycles. The highest BCUT2D eigenvalue weighted by Gasteiger charge is 2.16. The van der Waals surface area contributed by atoms with E-state index in [0.29, 0.717) is 6.04 Å². The van der Waals surface area contributed by atoms with Gasteiger partial charge in [-0.2, -0.15) is 0 Å². The van der Waals surface area contributed by atoms with Crippen molar-refractivity contribution < 1.29 is 0 Å². The van der Waals surface area contributed by atoms with Gasteiger partial charge < -0.3 is 14.8 Å². The van der Waals surface area contributed by atoms with Gasteiger partial charge in [-0.05, 0) is 74.2 Å². The molecule has 4 rings (SSSR count). The highest BCUT2D eigenvalue weighted by Crippen LogP contribution is 2.29. The SMILES string of the molecule is Cc1cc(C=CC2CCc3cc(N(C)C)ccc3N2)c(C)n1-c1ccccc1. The van der Waals surface area contributed by atoms with Crippen LogP contribution in [0.5, 0.6) is 0 Å². The zero-order valence-corrected chi connectivity index (χ0v) is 17.2. The number of anilines is 2. The lowest BCUT2D eigenvalue weighted by atomic mass is 9.96. The van der Waals surface area contributed by atoms with Crippen molar-refractivity contribution >= 4 is 17.5 Å². The Bertz CT molecular complexity index is 996. The van der Waals surface area contributed by atoms with Crippen LogP contribution >= 0.6 is 0 Å². The van der Waals surface area contributed by atoms with E-state index < -0.39 is 0 Å². The zero-order valence-electron chi connectivity index (χ0n) is 17.2. The number of fused-ring (bicyclic) bond motifs is 1. The molecule has 0 spiro atoms. The third-order valence-electron chi connectivity index (χ3n) is 5.66. The van der Waals surface area contributed by atoms with Crippen LogP contribution in [0.3, 0.4) is 0 Å². The van der Waals surface area contributed by atoms with E-state index in [1.54, 1.807) is 0 Å². The standard InChI is InChI=1S/C25H29N3/c1-18-16-20(19(2)28(18)23-8-6-5-7-9-23)10-12-22-13-11-21-17-24(27(3)4)14-15-25(21)26-22/h5-10,12,14-17,22,26H,11,13H2,1-4H3. The van der Waals surface area contributed by atoms with E-state index in [1.165, 1.54) is 39.6 Å². The second-order valence-corrected chi connectivity index (χ2v) is 7.88. The van der Waals surface area contributed by atoms with Crippen molar-refractivity contribution in [2.75, 3.05) is 24.3 Å². The van der Waals surface area contributed by atoms with Gasteiger partial charge in [-0.1, -0.05) is 30.4 Å². The van der Waals surface area contributed by atoms with E-state index in [0.717, 1.165) is 12.8 Å². The average molecular weight is 372 g/mol. The van der Waals surface area contributed by atoms with E-state index in [1.807, 2.05) is 0 Å². The maximum absolute atomic E-state index is 3.69. The third kappa shape index (κ3) is 3.57. The fourth-order valence-corrected chi connectivity index (χ4v) is 4.08. The van der Waals surface area contributed by atoms with E-state index in [-0.39, 0.29) is 0 Å². The molecule has 0 saturated heterocycles. The van der Waals surface area contributed by atoms with Crippen LogP contribution in [0.25, 0.3) is 11.8 Å². The van der Waals surface area contributed by atoms with E-state index in [2.05, 4.69) is 109 Å². The maximum Gasteiger partial charge on any atom is 0.0455 e. The molecular weight excluding hydrogens is 342 g/mol. The first-order valence-corrected chi connectivity index (χ1v) is 10.0. The van der Waals surface area contributed by atoms with Gasteiger partial charge in [0.05, 0.1) is 0 Å². The lowest BCUT2D eigenvalue weighted by molar-refractivity contribution is 0.732. The van der Waals surface area contributed by atoms with Crippen LogP contribution in [0.15, 0.2) is 60.7 Å². The van der Waals surface area contributed by atoms with Gasteiger partial charge in [-0.15, -0.1) is 0 Å². The Morgan fingerprint density at radius 1 is 1.04 bits per heavy atom. The minimum absolute atomic E-state index is 0.373. The van der Waals surface area contributed by atoms with Crippen LogP contribution in [-0.4, -0.2) is 24.7 Å². The molecule has 1 aliphatic rings. The second kappa shape index (κ2) is 7.59. The van der Waals surface area contributed by atoms with Gasteiger partial charge in [0, 0.05) is 48.6 Å². The molecule has 0 fully saturated rings. The third-order valence-corrected chi connectivity index (χ3v) is 5.66. The van der Waals surface area contributed by atoms with Crippen molar-refractivity contribution in [3.8, 4) is 5.69 Å². The molecule has 0 bridgehead atoms. The van der Waals surface area contributed by atoms with Gasteiger partial charge in [-0.3, -0.25) is 0 Å². The summed E-state index contributed by atoms with van der Waals surface area (Å²) in [6, 6.07) is 19.9. The Hall–Kier alpha value is -2.94. The van der Waals surface area contributed by atoms with E-state index in [9.17, 15) is 0 Å². The molecule has 0 amide bonds. The summed E-state index contributed by atoms with van der Waals surface area (Å²) in [4.78, 5) is 2.16. The molecule has 1 N–H and O–H groups in total. The number of para-hydroxylation sites is 1. The topological polar surface area (TPSA) is 20.2 Å². The molecule has 3 heteroatoms. The molecule has 1 unspecified atom stereocenters. The summed E-state index contributed by atoms with van der Waals surface area (Å²) < 4.78 is 2.33. The Kier molecular flexibility index (Phi) is 4.99. The summed E-state index contributed by atoms with van der Waals surface area (Å²) in [5.74, 6) is 0. The monoisotopic (exact) mass is 371 g/mol. The lowest BCUT2D eigenvalue weighted by Gasteiger charge is -2.26. The summed E-state index contributed by atoms with van der Waals surface area (Å²) in [6.45, 7) is 4.38. The van der Waals surface area contributed by atoms with Crippen LogP contribution in [-0.2, 0) is 6.42 Å². The molecule has 144 valence electrons. The van der Waals surface area contributed by atoms with Gasteiger partial charge in [-0.25, -0.2) is 0 Å². The number of hydrogen-bond acceptors (Lipinski definition) is 2. The van der Waals surface area contributed by atoms with Crippen LogP contribution in [0.1, 0.15) is 28.9 Å². The quantitative estimate of drug-likeness (QED) is 0.644. The number of aryl methyl sites for hydroxylation is 2. The smallest absolute Gasteiger partial charge is 0.0455 e. The molecule has 2 heterocycles. The largest absolute Gasteiger partial charge is 0.379 e. The minimum atomic E-state index is 0.373. The number of aromatic nitrogens is 1. The molecular formula is C25H29N3. The fraction of sp³-hybridized carbons (Fsp3) is 0.280. The molecule has 3 aromatic rings. The highest BCUT2D eigenvalue weighted by atomic mass is 15.1. The lowest BCUT2D eigenvalue weighted by Crippen LogP contribution is -2.23. The normalized spacial score (nSPS) is 16.1. The first-order valence-electron chi connectivity index (χ1n) is 10.0. The van der Waals surface area contributed by atoms with Crippen LogP contribution in [0.4, 0.5) is 11.4 Å². The summed E-state index contributed by atoms with van der Waals surface area (Å²) >= 11 is 0. The van der Waals surface area contributed by atoms with Crippen molar-refractivity contribution in [1.82, 2.24) is 4.57 Å². The molecule has 2 aromatic carbocycles. The van der Waals surface area contributed by atoms with Crippen LogP contribution < -0.4 is 10.2 Å².